The van der Waals surface area contributed by atoms with E-state index in [-0.39, 0.29) is 5.25 Å². The molecule has 0 spiro atoms. The Hall–Kier alpha value is -2.03. The quantitative estimate of drug-likeness (QED) is 0.559. The third kappa shape index (κ3) is 2.36. The number of benzene rings is 2. The summed E-state index contributed by atoms with van der Waals surface area (Å²) in [5.41, 5.74) is 9.13. The third-order valence-corrected chi connectivity index (χ3v) is 4.82. The van der Waals surface area contributed by atoms with Crippen molar-refractivity contribution in [3.05, 3.63) is 58.6 Å². The Morgan fingerprint density at radius 3 is 2.65 bits per heavy atom. The van der Waals surface area contributed by atoms with Crippen molar-refractivity contribution < 1.29 is 0 Å². The fourth-order valence-electron chi connectivity index (χ4n) is 1.96. The Labute approximate surface area is 126 Å². The van der Waals surface area contributed by atoms with Crippen molar-refractivity contribution in [2.24, 2.45) is 0 Å². The first-order chi connectivity index (χ1) is 9.67. The number of hydrogen-bond donors (Lipinski definition) is 2. The zero-order valence-corrected chi connectivity index (χ0v) is 12.2. The van der Waals surface area contributed by atoms with Gasteiger partial charge >= 0.3 is 0 Å². The lowest BCUT2D eigenvalue weighted by molar-refractivity contribution is 1.13. The topological polar surface area (TPSA) is 62.7 Å². The summed E-state index contributed by atoms with van der Waals surface area (Å²) < 4.78 is 1.06. The molecule has 3 aromatic rings. The summed E-state index contributed by atoms with van der Waals surface area (Å²) in [5, 5.41) is 9.65. The molecule has 2 aromatic carbocycles. The van der Waals surface area contributed by atoms with Gasteiger partial charge in [0.2, 0.25) is 0 Å². The molecule has 1 unspecified atom stereocenters. The summed E-state index contributed by atoms with van der Waals surface area (Å²) in [7, 11) is 0. The van der Waals surface area contributed by atoms with E-state index >= 15 is 0 Å². The minimum absolute atomic E-state index is 0.0960. The molecule has 3 nitrogen and oxygen atoms in total. The molecule has 0 saturated heterocycles. The molecule has 0 aliphatic rings. The van der Waals surface area contributed by atoms with Crippen LogP contribution in [0.3, 0.4) is 0 Å². The highest BCUT2D eigenvalue weighted by atomic mass is 32.1. The van der Waals surface area contributed by atoms with Gasteiger partial charge in [-0.1, -0.05) is 12.1 Å². The minimum atomic E-state index is -0.0960. The fourth-order valence-corrected chi connectivity index (χ4v) is 3.38. The zero-order chi connectivity index (χ0) is 14.1. The highest BCUT2D eigenvalue weighted by molar-refractivity contribution is 7.81. The Morgan fingerprint density at radius 2 is 1.95 bits per heavy atom. The highest BCUT2D eigenvalue weighted by Crippen LogP contribution is 2.34. The Kier molecular flexibility index (Phi) is 3.35. The van der Waals surface area contributed by atoms with Gasteiger partial charge in [0.15, 0.2) is 0 Å². The van der Waals surface area contributed by atoms with Crippen LogP contribution in [-0.2, 0) is 0 Å². The Morgan fingerprint density at radius 1 is 1.20 bits per heavy atom. The molecule has 0 saturated carbocycles. The molecule has 98 valence electrons. The summed E-state index contributed by atoms with van der Waals surface area (Å²) >= 11 is 6.23. The number of aromatic nitrogens is 1. The van der Waals surface area contributed by atoms with Crippen LogP contribution in [-0.4, -0.2) is 4.98 Å². The van der Waals surface area contributed by atoms with Crippen molar-refractivity contribution in [1.29, 1.82) is 5.26 Å². The maximum atomic E-state index is 8.81. The maximum Gasteiger partial charge on any atom is 0.111 e. The number of thiazole rings is 1. The van der Waals surface area contributed by atoms with Gasteiger partial charge in [-0.15, -0.1) is 11.3 Å². The molecule has 0 aliphatic carbocycles. The van der Waals surface area contributed by atoms with Gasteiger partial charge in [0.05, 0.1) is 27.1 Å². The van der Waals surface area contributed by atoms with E-state index < -0.39 is 0 Å². The molecule has 0 amide bonds. The molecule has 1 atom stereocenters. The van der Waals surface area contributed by atoms with Gasteiger partial charge in [-0.25, -0.2) is 4.98 Å². The normalized spacial score (nSPS) is 12.2. The SMILES string of the molecule is N#Cc1ccc(C(S)c2nc3ccc(N)cc3s2)cc1. The first kappa shape index (κ1) is 13.0. The molecule has 1 aromatic heterocycles. The van der Waals surface area contributed by atoms with Crippen molar-refractivity contribution in [1.82, 2.24) is 4.98 Å². The van der Waals surface area contributed by atoms with Gasteiger partial charge in [0, 0.05) is 5.69 Å². The van der Waals surface area contributed by atoms with Crippen molar-refractivity contribution in [3.63, 3.8) is 0 Å². The van der Waals surface area contributed by atoms with E-state index in [4.69, 9.17) is 11.0 Å². The van der Waals surface area contributed by atoms with Crippen molar-refractivity contribution >= 4 is 39.9 Å². The van der Waals surface area contributed by atoms with Crippen LogP contribution in [0.4, 0.5) is 5.69 Å². The number of nitrogens with two attached hydrogens (primary N) is 1. The summed E-state index contributed by atoms with van der Waals surface area (Å²) in [6.07, 6.45) is 0. The number of rotatable bonds is 2. The largest absolute Gasteiger partial charge is 0.399 e. The number of nitrogen functional groups attached to an aromatic ring is 1. The average molecular weight is 297 g/mol. The summed E-state index contributed by atoms with van der Waals surface area (Å²) in [5.74, 6) is 0. The third-order valence-electron chi connectivity index (χ3n) is 3.02. The summed E-state index contributed by atoms with van der Waals surface area (Å²) in [6, 6.07) is 15.2. The van der Waals surface area contributed by atoms with Crippen molar-refractivity contribution in [2.45, 2.75) is 5.25 Å². The van der Waals surface area contributed by atoms with Crippen molar-refractivity contribution in [3.8, 4) is 6.07 Å². The fraction of sp³-hybridized carbons (Fsp3) is 0.0667. The smallest absolute Gasteiger partial charge is 0.111 e. The molecule has 5 heteroatoms. The van der Waals surface area contributed by atoms with E-state index in [0.717, 1.165) is 26.5 Å². The van der Waals surface area contributed by atoms with Gasteiger partial charge in [-0.05, 0) is 35.9 Å². The molecule has 20 heavy (non-hydrogen) atoms. The van der Waals surface area contributed by atoms with Gasteiger partial charge in [-0.2, -0.15) is 17.9 Å². The standard InChI is InChI=1S/C15H11N3S2/c16-8-9-1-3-10(4-2-9)14(19)15-18-12-6-5-11(17)7-13(12)20-15/h1-7,14,19H,17H2. The number of anilines is 1. The summed E-state index contributed by atoms with van der Waals surface area (Å²) in [4.78, 5) is 4.59. The zero-order valence-electron chi connectivity index (χ0n) is 10.4. The van der Waals surface area contributed by atoms with Crippen LogP contribution in [0.15, 0.2) is 42.5 Å². The van der Waals surface area contributed by atoms with Crippen LogP contribution >= 0.6 is 24.0 Å². The molecule has 2 N–H and O–H groups in total. The van der Waals surface area contributed by atoms with E-state index in [1.54, 1.807) is 23.5 Å². The lowest BCUT2D eigenvalue weighted by Gasteiger charge is -2.07. The molecule has 1 heterocycles. The second-order valence-electron chi connectivity index (χ2n) is 4.42. The van der Waals surface area contributed by atoms with Gasteiger partial charge in [0.1, 0.15) is 5.01 Å². The van der Waals surface area contributed by atoms with E-state index in [1.807, 2.05) is 30.3 Å². The minimum Gasteiger partial charge on any atom is -0.399 e. The summed E-state index contributed by atoms with van der Waals surface area (Å²) in [6.45, 7) is 0. The number of thiol groups is 1. The highest BCUT2D eigenvalue weighted by Gasteiger charge is 2.14. The van der Waals surface area contributed by atoms with E-state index in [9.17, 15) is 0 Å². The Balaban J connectivity index is 1.98. The molecule has 3 rings (SSSR count). The second-order valence-corrected chi connectivity index (χ2v) is 5.99. The predicted molar refractivity (Wildman–Crippen MR) is 86.0 cm³/mol. The Bertz CT molecular complexity index is 800. The van der Waals surface area contributed by atoms with Gasteiger partial charge in [0.25, 0.3) is 0 Å². The molecule has 0 fully saturated rings. The average Bonchev–Trinajstić information content (AvgIpc) is 2.89. The first-order valence-electron chi connectivity index (χ1n) is 6.01. The number of fused-ring (bicyclic) bond motifs is 1. The number of nitriles is 1. The van der Waals surface area contributed by atoms with Gasteiger partial charge in [-0.3, -0.25) is 0 Å². The maximum absolute atomic E-state index is 8.81. The monoisotopic (exact) mass is 297 g/mol. The molecule has 0 aliphatic heterocycles. The number of hydrogen-bond acceptors (Lipinski definition) is 5. The van der Waals surface area contributed by atoms with Gasteiger partial charge < -0.3 is 5.73 Å². The molecular formula is C15H11N3S2. The second kappa shape index (κ2) is 5.16. The van der Waals surface area contributed by atoms with Crippen molar-refractivity contribution in [2.75, 3.05) is 5.73 Å². The lowest BCUT2D eigenvalue weighted by Crippen LogP contribution is -1.92. The van der Waals surface area contributed by atoms with Crippen LogP contribution < -0.4 is 5.73 Å². The lowest BCUT2D eigenvalue weighted by atomic mass is 10.1. The molecule has 0 radical (unpaired) electrons. The van der Waals surface area contributed by atoms with E-state index in [0.29, 0.717) is 5.56 Å². The van der Waals surface area contributed by atoms with E-state index in [2.05, 4.69) is 23.7 Å². The van der Waals surface area contributed by atoms with Crippen LogP contribution in [0.1, 0.15) is 21.4 Å². The molecular weight excluding hydrogens is 286 g/mol. The van der Waals surface area contributed by atoms with Crippen LogP contribution in [0, 0.1) is 11.3 Å². The predicted octanol–water partition coefficient (Wildman–Crippen LogP) is 3.77. The molecule has 0 bridgehead atoms. The number of nitrogens with zero attached hydrogens (tertiary/aromatic N) is 2. The first-order valence-corrected chi connectivity index (χ1v) is 7.35. The van der Waals surface area contributed by atoms with Crippen LogP contribution in [0.2, 0.25) is 0 Å². The van der Waals surface area contributed by atoms with Crippen LogP contribution in [0.25, 0.3) is 10.2 Å². The van der Waals surface area contributed by atoms with Crippen LogP contribution in [0.5, 0.6) is 0 Å². The van der Waals surface area contributed by atoms with E-state index in [1.165, 1.54) is 0 Å².